The lowest BCUT2D eigenvalue weighted by Crippen LogP contribution is -2.34. The third kappa shape index (κ3) is 3.72. The van der Waals surface area contributed by atoms with Gasteiger partial charge in [-0.15, -0.1) is 0 Å². The molecule has 158 valence electrons. The number of pyridine rings is 2. The molecule has 3 heterocycles. The lowest BCUT2D eigenvalue weighted by atomic mass is 10.1. The van der Waals surface area contributed by atoms with Gasteiger partial charge in [0.2, 0.25) is 0 Å². The maximum Gasteiger partial charge on any atom is 0.267 e. The molecule has 0 spiro atoms. The standard InChI is InChI=1S/C23H22ClN5O2/c1-3-10-28-19(25)16(22(30)26-13-15-8-4-5-9-18(15)24)12-17-21(28)27-20-14(2)7-6-11-29(20)23(17)31/h4-9,11-12,25H,3,10,13H2,1-2H3,(H,26,30). The number of aryl methyl sites for hydroxylation is 2. The molecule has 0 unspecified atom stereocenters. The Balaban J connectivity index is 1.87. The summed E-state index contributed by atoms with van der Waals surface area (Å²) in [5.74, 6) is -0.439. The van der Waals surface area contributed by atoms with Crippen molar-refractivity contribution >= 4 is 34.2 Å². The molecule has 0 aliphatic rings. The molecule has 1 aromatic carbocycles. The molecule has 0 aliphatic heterocycles. The number of rotatable bonds is 5. The second-order valence-corrected chi connectivity index (χ2v) is 7.78. The Morgan fingerprint density at radius 1 is 1.19 bits per heavy atom. The zero-order chi connectivity index (χ0) is 22.1. The first kappa shape index (κ1) is 20.8. The van der Waals surface area contributed by atoms with Crippen molar-refractivity contribution in [3.05, 3.63) is 86.2 Å². The number of amides is 1. The molecule has 0 atom stereocenters. The van der Waals surface area contributed by atoms with E-state index in [0.717, 1.165) is 17.5 Å². The summed E-state index contributed by atoms with van der Waals surface area (Å²) in [6.45, 7) is 4.55. The summed E-state index contributed by atoms with van der Waals surface area (Å²) in [5, 5.41) is 12.3. The van der Waals surface area contributed by atoms with Crippen molar-refractivity contribution in [2.75, 3.05) is 0 Å². The molecule has 0 saturated heterocycles. The number of halogens is 1. The minimum atomic E-state index is -0.439. The SMILES string of the molecule is CCCn1c(=N)c(C(=O)NCc2ccccc2Cl)cc2c(=O)n3cccc(C)c3nc21. The highest BCUT2D eigenvalue weighted by Crippen LogP contribution is 2.15. The number of nitrogens with zero attached hydrogens (tertiary/aromatic N) is 3. The van der Waals surface area contributed by atoms with Crippen LogP contribution in [0.5, 0.6) is 0 Å². The number of benzene rings is 1. The fourth-order valence-electron chi connectivity index (χ4n) is 3.62. The van der Waals surface area contributed by atoms with Crippen molar-refractivity contribution in [2.24, 2.45) is 0 Å². The van der Waals surface area contributed by atoms with Crippen LogP contribution in [-0.2, 0) is 13.1 Å². The summed E-state index contributed by atoms with van der Waals surface area (Å²) < 4.78 is 3.11. The van der Waals surface area contributed by atoms with Crippen molar-refractivity contribution < 1.29 is 4.79 Å². The van der Waals surface area contributed by atoms with Crippen LogP contribution in [0.15, 0.2) is 53.5 Å². The van der Waals surface area contributed by atoms with Gasteiger partial charge in [0.1, 0.15) is 16.8 Å². The molecule has 0 radical (unpaired) electrons. The van der Waals surface area contributed by atoms with Gasteiger partial charge in [0.15, 0.2) is 0 Å². The molecule has 31 heavy (non-hydrogen) atoms. The minimum absolute atomic E-state index is 0.0239. The smallest absolute Gasteiger partial charge is 0.267 e. The Kier molecular flexibility index (Phi) is 5.61. The van der Waals surface area contributed by atoms with E-state index in [2.05, 4.69) is 10.3 Å². The predicted octanol–water partition coefficient (Wildman–Crippen LogP) is 3.43. The number of nitrogens with one attached hydrogen (secondary N) is 2. The van der Waals surface area contributed by atoms with E-state index in [1.54, 1.807) is 22.9 Å². The van der Waals surface area contributed by atoms with E-state index in [-0.39, 0.29) is 23.2 Å². The Hall–Kier alpha value is -3.45. The lowest BCUT2D eigenvalue weighted by Gasteiger charge is -2.15. The van der Waals surface area contributed by atoms with Crippen LogP contribution in [0.1, 0.15) is 34.8 Å². The first-order valence-corrected chi connectivity index (χ1v) is 10.4. The summed E-state index contributed by atoms with van der Waals surface area (Å²) in [6, 6.07) is 12.4. The van der Waals surface area contributed by atoms with Crippen LogP contribution < -0.4 is 16.4 Å². The Labute approximate surface area is 183 Å². The van der Waals surface area contributed by atoms with E-state index < -0.39 is 5.91 Å². The maximum atomic E-state index is 13.2. The maximum absolute atomic E-state index is 13.2. The molecular weight excluding hydrogens is 414 g/mol. The summed E-state index contributed by atoms with van der Waals surface area (Å²) >= 11 is 6.17. The van der Waals surface area contributed by atoms with E-state index in [9.17, 15) is 9.59 Å². The first-order chi connectivity index (χ1) is 14.9. The molecule has 0 saturated carbocycles. The van der Waals surface area contributed by atoms with Crippen molar-refractivity contribution in [3.63, 3.8) is 0 Å². The first-order valence-electron chi connectivity index (χ1n) is 10.0. The molecule has 8 heteroatoms. The van der Waals surface area contributed by atoms with Crippen molar-refractivity contribution in [1.82, 2.24) is 19.3 Å². The van der Waals surface area contributed by atoms with Gasteiger partial charge in [-0.05, 0) is 42.7 Å². The highest BCUT2D eigenvalue weighted by molar-refractivity contribution is 6.31. The van der Waals surface area contributed by atoms with Crippen LogP contribution in [0, 0.1) is 12.3 Å². The molecule has 4 rings (SSSR count). The van der Waals surface area contributed by atoms with Crippen molar-refractivity contribution in [1.29, 1.82) is 5.41 Å². The zero-order valence-corrected chi connectivity index (χ0v) is 18.0. The Bertz CT molecular complexity index is 1440. The van der Waals surface area contributed by atoms with Crippen molar-refractivity contribution in [2.45, 2.75) is 33.4 Å². The van der Waals surface area contributed by atoms with Gasteiger partial charge in [-0.3, -0.25) is 19.4 Å². The third-order valence-corrected chi connectivity index (χ3v) is 5.59. The average molecular weight is 436 g/mol. The largest absolute Gasteiger partial charge is 0.348 e. The molecule has 0 bridgehead atoms. The van der Waals surface area contributed by atoms with Gasteiger partial charge < -0.3 is 9.88 Å². The van der Waals surface area contributed by atoms with Crippen LogP contribution in [0.3, 0.4) is 0 Å². The summed E-state index contributed by atoms with van der Waals surface area (Å²) in [4.78, 5) is 30.8. The second-order valence-electron chi connectivity index (χ2n) is 7.37. The Morgan fingerprint density at radius 2 is 1.97 bits per heavy atom. The number of hydrogen-bond donors (Lipinski definition) is 2. The summed E-state index contributed by atoms with van der Waals surface area (Å²) in [7, 11) is 0. The van der Waals surface area contributed by atoms with Crippen molar-refractivity contribution in [3.8, 4) is 0 Å². The second kappa shape index (κ2) is 8.35. The van der Waals surface area contributed by atoms with Gasteiger partial charge in [0, 0.05) is 24.3 Å². The Morgan fingerprint density at radius 3 is 2.71 bits per heavy atom. The van der Waals surface area contributed by atoms with Gasteiger partial charge >= 0.3 is 0 Å². The van der Waals surface area contributed by atoms with E-state index in [1.807, 2.05) is 38.1 Å². The van der Waals surface area contributed by atoms with E-state index in [0.29, 0.717) is 28.2 Å². The molecule has 1 amide bonds. The van der Waals surface area contributed by atoms with Gasteiger partial charge in [0.05, 0.1) is 10.9 Å². The molecular formula is C23H22ClN5O2. The number of carbonyl (C=O) groups is 1. The molecule has 7 nitrogen and oxygen atoms in total. The highest BCUT2D eigenvalue weighted by Gasteiger charge is 2.18. The number of hydrogen-bond acceptors (Lipinski definition) is 4. The predicted molar refractivity (Wildman–Crippen MR) is 120 cm³/mol. The molecule has 4 aromatic rings. The molecule has 0 aliphatic carbocycles. The fraction of sp³-hybridized carbons (Fsp3) is 0.217. The normalized spacial score (nSPS) is 11.2. The van der Waals surface area contributed by atoms with Gasteiger partial charge in [-0.25, -0.2) is 4.98 Å². The van der Waals surface area contributed by atoms with Crippen LogP contribution >= 0.6 is 11.6 Å². The fourth-order valence-corrected chi connectivity index (χ4v) is 3.83. The van der Waals surface area contributed by atoms with E-state index in [1.165, 1.54) is 10.5 Å². The number of aromatic nitrogens is 3. The summed E-state index contributed by atoms with van der Waals surface area (Å²) in [5.41, 5.74) is 2.46. The van der Waals surface area contributed by atoms with Crippen LogP contribution in [-0.4, -0.2) is 19.9 Å². The van der Waals surface area contributed by atoms with Crippen LogP contribution in [0.25, 0.3) is 16.7 Å². The van der Waals surface area contributed by atoms with Gasteiger partial charge in [0.25, 0.3) is 11.5 Å². The zero-order valence-electron chi connectivity index (χ0n) is 17.3. The van der Waals surface area contributed by atoms with E-state index in [4.69, 9.17) is 17.0 Å². The third-order valence-electron chi connectivity index (χ3n) is 5.22. The van der Waals surface area contributed by atoms with Crippen LogP contribution in [0.2, 0.25) is 5.02 Å². The van der Waals surface area contributed by atoms with Gasteiger partial charge in [-0.1, -0.05) is 42.8 Å². The lowest BCUT2D eigenvalue weighted by molar-refractivity contribution is 0.0948. The number of carbonyl (C=O) groups excluding carboxylic acids is 1. The number of fused-ring (bicyclic) bond motifs is 2. The minimum Gasteiger partial charge on any atom is -0.348 e. The average Bonchev–Trinajstić information content (AvgIpc) is 2.76. The van der Waals surface area contributed by atoms with Gasteiger partial charge in [-0.2, -0.15) is 0 Å². The molecule has 2 N–H and O–H groups in total. The monoisotopic (exact) mass is 435 g/mol. The highest BCUT2D eigenvalue weighted by atomic mass is 35.5. The molecule has 0 fully saturated rings. The van der Waals surface area contributed by atoms with Crippen LogP contribution in [0.4, 0.5) is 0 Å². The topological polar surface area (TPSA) is 92.2 Å². The summed E-state index contributed by atoms with van der Waals surface area (Å²) in [6.07, 6.45) is 2.39. The molecule has 3 aromatic heterocycles. The quantitative estimate of drug-likeness (QED) is 0.470. The van der Waals surface area contributed by atoms with E-state index >= 15 is 0 Å².